The van der Waals surface area contributed by atoms with E-state index < -0.39 is 0 Å². The lowest BCUT2D eigenvalue weighted by atomic mass is 10.1. The molecule has 2 aromatic heterocycles. The van der Waals surface area contributed by atoms with Crippen molar-refractivity contribution in [2.45, 2.75) is 13.5 Å². The van der Waals surface area contributed by atoms with E-state index in [-0.39, 0.29) is 5.75 Å². The number of phenols is 1. The summed E-state index contributed by atoms with van der Waals surface area (Å²) in [5.41, 5.74) is 4.55. The van der Waals surface area contributed by atoms with E-state index in [0.29, 0.717) is 18.1 Å². The summed E-state index contributed by atoms with van der Waals surface area (Å²) in [4.78, 5) is 6.31. The highest BCUT2D eigenvalue weighted by atomic mass is 16.3. The average Bonchev–Trinajstić information content (AvgIpc) is 2.74. The average molecular weight is 368 g/mol. The molecular formula is C23H20N4O. The van der Waals surface area contributed by atoms with Gasteiger partial charge in [0.15, 0.2) is 5.82 Å². The summed E-state index contributed by atoms with van der Waals surface area (Å²) in [5, 5.41) is 19.2. The quantitative estimate of drug-likeness (QED) is 0.543. The summed E-state index contributed by atoms with van der Waals surface area (Å²) < 4.78 is 0. The summed E-state index contributed by atoms with van der Waals surface area (Å²) in [6.07, 6.45) is 1.75. The summed E-state index contributed by atoms with van der Waals surface area (Å²) in [6, 6.07) is 25.0. The molecule has 0 aliphatic carbocycles. The molecule has 0 aliphatic heterocycles. The molecule has 4 rings (SSSR count). The monoisotopic (exact) mass is 368 g/mol. The number of pyridine rings is 1. The molecule has 28 heavy (non-hydrogen) atoms. The molecule has 0 radical (unpaired) electrons. The van der Waals surface area contributed by atoms with Crippen molar-refractivity contribution in [1.29, 1.82) is 0 Å². The molecule has 0 bridgehead atoms. The van der Waals surface area contributed by atoms with E-state index in [4.69, 9.17) is 0 Å². The van der Waals surface area contributed by atoms with E-state index in [0.717, 1.165) is 17.0 Å². The number of phenolic OH excluding ortho intramolecular Hbond substituents is 1. The maximum absolute atomic E-state index is 10.4. The van der Waals surface area contributed by atoms with E-state index in [1.165, 1.54) is 5.56 Å². The zero-order chi connectivity index (χ0) is 19.3. The highest BCUT2D eigenvalue weighted by molar-refractivity contribution is 5.68. The van der Waals surface area contributed by atoms with Crippen LogP contribution in [0.15, 0.2) is 85.1 Å². The highest BCUT2D eigenvalue weighted by Crippen LogP contribution is 2.33. The van der Waals surface area contributed by atoms with Crippen molar-refractivity contribution >= 4 is 11.5 Å². The van der Waals surface area contributed by atoms with Crippen LogP contribution >= 0.6 is 0 Å². The predicted octanol–water partition coefficient (Wildman–Crippen LogP) is 4.89. The van der Waals surface area contributed by atoms with Gasteiger partial charge in [-0.05, 0) is 43.3 Å². The minimum absolute atomic E-state index is 0.183. The Bertz CT molecular complexity index is 1050. The fourth-order valence-corrected chi connectivity index (χ4v) is 2.98. The first-order valence-electron chi connectivity index (χ1n) is 9.07. The Kier molecular flexibility index (Phi) is 4.97. The first-order chi connectivity index (χ1) is 13.7. The zero-order valence-corrected chi connectivity index (χ0v) is 15.5. The van der Waals surface area contributed by atoms with Gasteiger partial charge >= 0.3 is 0 Å². The van der Waals surface area contributed by atoms with Crippen molar-refractivity contribution in [3.63, 3.8) is 0 Å². The summed E-state index contributed by atoms with van der Waals surface area (Å²) in [6.45, 7) is 2.53. The van der Waals surface area contributed by atoms with Crippen LogP contribution in [0.2, 0.25) is 0 Å². The van der Waals surface area contributed by atoms with E-state index >= 15 is 0 Å². The molecule has 5 nitrogen and oxygen atoms in total. The van der Waals surface area contributed by atoms with Crippen LogP contribution in [0.5, 0.6) is 5.75 Å². The molecular weight excluding hydrogens is 348 g/mol. The molecule has 4 aromatic rings. The normalized spacial score (nSPS) is 10.6. The first-order valence-corrected chi connectivity index (χ1v) is 9.07. The topological polar surface area (TPSA) is 62.1 Å². The molecule has 0 atom stereocenters. The largest absolute Gasteiger partial charge is 0.506 e. The smallest absolute Gasteiger partial charge is 0.156 e. The van der Waals surface area contributed by atoms with Crippen LogP contribution < -0.4 is 4.90 Å². The van der Waals surface area contributed by atoms with Gasteiger partial charge < -0.3 is 10.0 Å². The second-order valence-electron chi connectivity index (χ2n) is 6.54. The Labute approximate surface area is 164 Å². The number of nitrogens with zero attached hydrogens (tertiary/aromatic N) is 4. The van der Waals surface area contributed by atoms with Crippen LogP contribution in [-0.2, 0) is 6.54 Å². The number of hydrogen-bond acceptors (Lipinski definition) is 5. The minimum atomic E-state index is 0.183. The van der Waals surface area contributed by atoms with Gasteiger partial charge in [0.2, 0.25) is 0 Å². The fraction of sp³-hybridized carbons (Fsp3) is 0.0870. The molecule has 0 unspecified atom stereocenters. The Morgan fingerprint density at radius 1 is 0.821 bits per heavy atom. The molecule has 5 heteroatoms. The van der Waals surface area contributed by atoms with Crippen LogP contribution in [0.3, 0.4) is 0 Å². The molecule has 0 saturated heterocycles. The van der Waals surface area contributed by atoms with Gasteiger partial charge in [-0.1, -0.05) is 48.0 Å². The van der Waals surface area contributed by atoms with Crippen molar-refractivity contribution in [3.8, 4) is 17.0 Å². The molecule has 0 aliphatic rings. The molecule has 2 heterocycles. The first kappa shape index (κ1) is 17.7. The Morgan fingerprint density at radius 2 is 1.61 bits per heavy atom. The molecule has 0 fully saturated rings. The third-order valence-electron chi connectivity index (χ3n) is 4.49. The Balaban J connectivity index is 1.70. The lowest BCUT2D eigenvalue weighted by molar-refractivity contribution is 0.475. The van der Waals surface area contributed by atoms with Crippen LogP contribution in [0, 0.1) is 6.92 Å². The van der Waals surface area contributed by atoms with Crippen molar-refractivity contribution in [1.82, 2.24) is 15.2 Å². The predicted molar refractivity (Wildman–Crippen MR) is 110 cm³/mol. The lowest BCUT2D eigenvalue weighted by Crippen LogP contribution is -2.19. The van der Waals surface area contributed by atoms with Crippen molar-refractivity contribution in [2.24, 2.45) is 0 Å². The summed E-state index contributed by atoms with van der Waals surface area (Å²) in [7, 11) is 0. The fourth-order valence-electron chi connectivity index (χ4n) is 2.98. The van der Waals surface area contributed by atoms with Gasteiger partial charge in [-0.15, -0.1) is 10.2 Å². The van der Waals surface area contributed by atoms with E-state index in [9.17, 15) is 5.11 Å². The molecule has 0 amide bonds. The van der Waals surface area contributed by atoms with Gasteiger partial charge in [-0.3, -0.25) is 4.98 Å². The Hall–Kier alpha value is -3.73. The SMILES string of the molecule is Cc1ccc(-c2ccc(N(Cc3ccccn3)c3ccccc3O)nn2)cc1. The zero-order valence-electron chi connectivity index (χ0n) is 15.5. The third kappa shape index (κ3) is 3.83. The van der Waals surface area contributed by atoms with Gasteiger partial charge in [0, 0.05) is 11.8 Å². The summed E-state index contributed by atoms with van der Waals surface area (Å²) >= 11 is 0. The second-order valence-corrected chi connectivity index (χ2v) is 6.54. The summed E-state index contributed by atoms with van der Waals surface area (Å²) in [5.74, 6) is 0.825. The molecule has 0 saturated carbocycles. The molecule has 138 valence electrons. The third-order valence-corrected chi connectivity index (χ3v) is 4.49. The number of aryl methyl sites for hydroxylation is 1. The van der Waals surface area contributed by atoms with Gasteiger partial charge in [0.25, 0.3) is 0 Å². The molecule has 0 spiro atoms. The van der Waals surface area contributed by atoms with Gasteiger partial charge in [-0.25, -0.2) is 0 Å². The minimum Gasteiger partial charge on any atom is -0.506 e. The molecule has 1 N–H and O–H groups in total. The number of rotatable bonds is 5. The van der Waals surface area contributed by atoms with Crippen LogP contribution in [0.4, 0.5) is 11.5 Å². The van der Waals surface area contributed by atoms with Crippen LogP contribution in [-0.4, -0.2) is 20.3 Å². The standard InChI is InChI=1S/C23H20N4O/c1-17-9-11-18(12-10-17)20-13-14-23(26-25-20)27(16-19-6-4-5-15-24-19)21-7-2-3-8-22(21)28/h2-15,28H,16H2,1H3. The lowest BCUT2D eigenvalue weighted by Gasteiger charge is -2.24. The van der Waals surface area contributed by atoms with E-state index in [1.54, 1.807) is 18.3 Å². The maximum atomic E-state index is 10.4. The highest BCUT2D eigenvalue weighted by Gasteiger charge is 2.16. The van der Waals surface area contributed by atoms with Crippen molar-refractivity contribution in [3.05, 3.63) is 96.3 Å². The van der Waals surface area contributed by atoms with Crippen molar-refractivity contribution < 1.29 is 5.11 Å². The maximum Gasteiger partial charge on any atom is 0.156 e. The second kappa shape index (κ2) is 7.88. The number of benzene rings is 2. The van der Waals surface area contributed by atoms with Gasteiger partial charge in [-0.2, -0.15) is 0 Å². The number of para-hydroxylation sites is 2. The Morgan fingerprint density at radius 3 is 2.29 bits per heavy atom. The van der Waals surface area contributed by atoms with Crippen LogP contribution in [0.1, 0.15) is 11.3 Å². The van der Waals surface area contributed by atoms with E-state index in [1.807, 2.05) is 59.5 Å². The molecule has 2 aromatic carbocycles. The van der Waals surface area contributed by atoms with Crippen molar-refractivity contribution in [2.75, 3.05) is 4.90 Å². The van der Waals surface area contributed by atoms with Gasteiger partial charge in [0.05, 0.1) is 23.6 Å². The number of hydrogen-bond donors (Lipinski definition) is 1. The van der Waals surface area contributed by atoms with Crippen LogP contribution in [0.25, 0.3) is 11.3 Å². The van der Waals surface area contributed by atoms with E-state index in [2.05, 4.69) is 34.2 Å². The number of aromatic hydroxyl groups is 1. The number of anilines is 2. The van der Waals surface area contributed by atoms with Gasteiger partial charge in [0.1, 0.15) is 5.75 Å². The number of aromatic nitrogens is 3.